The molecular formula is C20H22N4O3. The number of rotatable bonds is 4. The topological polar surface area (TPSA) is 90.5 Å². The van der Waals surface area contributed by atoms with E-state index in [-0.39, 0.29) is 24.1 Å². The lowest BCUT2D eigenvalue weighted by Gasteiger charge is -2.29. The zero-order valence-electron chi connectivity index (χ0n) is 15.0. The van der Waals surface area contributed by atoms with Crippen LogP contribution in [0, 0.1) is 17.8 Å². The normalized spacial score (nSPS) is 22.0. The summed E-state index contributed by atoms with van der Waals surface area (Å²) in [5.41, 5.74) is 2.58. The van der Waals surface area contributed by atoms with Crippen molar-refractivity contribution in [1.82, 2.24) is 20.9 Å². The number of piperidine rings is 1. The Balaban J connectivity index is 1.36. The largest absolute Gasteiger partial charge is 0.322 e. The summed E-state index contributed by atoms with van der Waals surface area (Å²) in [4.78, 5) is 37.8. The van der Waals surface area contributed by atoms with Gasteiger partial charge in [-0.25, -0.2) is 0 Å². The first kappa shape index (κ1) is 17.7. The zero-order valence-corrected chi connectivity index (χ0v) is 15.0. The molecule has 0 aliphatic carbocycles. The Bertz CT molecular complexity index is 851. The summed E-state index contributed by atoms with van der Waals surface area (Å²) in [6.45, 7) is 3.61. The van der Waals surface area contributed by atoms with Gasteiger partial charge in [-0.15, -0.1) is 0 Å². The molecule has 0 aromatic heterocycles. The molecule has 140 valence electrons. The van der Waals surface area contributed by atoms with Gasteiger partial charge in [-0.05, 0) is 23.6 Å². The lowest BCUT2D eigenvalue weighted by atomic mass is 10.0. The van der Waals surface area contributed by atoms with Crippen molar-refractivity contribution in [3.8, 4) is 11.8 Å². The average molecular weight is 366 g/mol. The van der Waals surface area contributed by atoms with Crippen molar-refractivity contribution in [3.05, 3.63) is 34.9 Å². The fourth-order valence-corrected chi connectivity index (χ4v) is 3.57. The highest BCUT2D eigenvalue weighted by Gasteiger charge is 2.38. The van der Waals surface area contributed by atoms with Crippen molar-refractivity contribution in [2.24, 2.45) is 5.92 Å². The summed E-state index contributed by atoms with van der Waals surface area (Å²) < 4.78 is 0. The van der Waals surface area contributed by atoms with Crippen molar-refractivity contribution in [2.75, 3.05) is 19.6 Å². The summed E-state index contributed by atoms with van der Waals surface area (Å²) >= 11 is 0. The van der Waals surface area contributed by atoms with Crippen LogP contribution in [0.5, 0.6) is 0 Å². The Kier molecular flexibility index (Phi) is 4.92. The highest BCUT2D eigenvalue weighted by molar-refractivity contribution is 6.05. The second-order valence-corrected chi connectivity index (χ2v) is 7.17. The van der Waals surface area contributed by atoms with E-state index in [4.69, 9.17) is 0 Å². The fourth-order valence-electron chi connectivity index (χ4n) is 3.57. The van der Waals surface area contributed by atoms with Gasteiger partial charge in [0, 0.05) is 44.1 Å². The number of benzene rings is 1. The highest BCUT2D eigenvalue weighted by Crippen LogP contribution is 2.28. The maximum absolute atomic E-state index is 12.8. The summed E-state index contributed by atoms with van der Waals surface area (Å²) in [6.07, 6.45) is 0.650. The van der Waals surface area contributed by atoms with Gasteiger partial charge < -0.3 is 15.5 Å². The molecule has 0 radical (unpaired) electrons. The fraction of sp³-hybridized carbons (Fsp3) is 0.450. The number of fused-ring (bicyclic) bond motifs is 1. The smallest absolute Gasteiger partial charge is 0.255 e. The molecule has 1 unspecified atom stereocenters. The van der Waals surface area contributed by atoms with Crippen LogP contribution < -0.4 is 16.0 Å². The minimum absolute atomic E-state index is 0.140. The summed E-state index contributed by atoms with van der Waals surface area (Å²) in [5.74, 6) is 6.02. The van der Waals surface area contributed by atoms with Crippen LogP contribution in [0.2, 0.25) is 0 Å². The molecule has 3 aliphatic rings. The zero-order chi connectivity index (χ0) is 18.8. The number of carbonyl (C=O) groups excluding carboxylic acids is 3. The van der Waals surface area contributed by atoms with Crippen molar-refractivity contribution in [2.45, 2.75) is 32.0 Å². The van der Waals surface area contributed by atoms with E-state index in [2.05, 4.69) is 27.8 Å². The standard InChI is InChI=1S/C20H22N4O3/c25-18-6-5-17(19(26)23-18)24-12-15-4-3-13(8-16(15)20(24)27)9-21-7-1-2-14-10-22-11-14/h3-4,8,14,17,21-22H,5-7,9-12H2,(H,23,25,26). The number of hydrogen-bond donors (Lipinski definition) is 3. The van der Waals surface area contributed by atoms with E-state index in [1.54, 1.807) is 4.90 Å². The van der Waals surface area contributed by atoms with Gasteiger partial charge in [-0.1, -0.05) is 24.0 Å². The highest BCUT2D eigenvalue weighted by atomic mass is 16.2. The third-order valence-corrected chi connectivity index (χ3v) is 5.22. The Morgan fingerprint density at radius 2 is 2.07 bits per heavy atom. The van der Waals surface area contributed by atoms with Crippen molar-refractivity contribution in [3.63, 3.8) is 0 Å². The number of amides is 3. The Morgan fingerprint density at radius 3 is 2.81 bits per heavy atom. The van der Waals surface area contributed by atoms with E-state index < -0.39 is 6.04 Å². The van der Waals surface area contributed by atoms with Gasteiger partial charge in [-0.3, -0.25) is 19.7 Å². The summed E-state index contributed by atoms with van der Waals surface area (Å²) in [5, 5.41) is 8.79. The molecule has 1 atom stereocenters. The molecule has 1 aromatic rings. The first-order chi connectivity index (χ1) is 13.1. The molecule has 0 saturated carbocycles. The van der Waals surface area contributed by atoms with Crippen LogP contribution in [0.3, 0.4) is 0 Å². The Morgan fingerprint density at radius 1 is 1.22 bits per heavy atom. The van der Waals surface area contributed by atoms with E-state index in [0.717, 1.165) is 24.2 Å². The molecule has 0 bridgehead atoms. The van der Waals surface area contributed by atoms with Crippen LogP contribution >= 0.6 is 0 Å². The van der Waals surface area contributed by atoms with Crippen LogP contribution in [0.1, 0.15) is 34.3 Å². The number of imide groups is 1. The molecule has 0 spiro atoms. The lowest BCUT2D eigenvalue weighted by Crippen LogP contribution is -2.52. The molecule has 3 aliphatic heterocycles. The summed E-state index contributed by atoms with van der Waals surface area (Å²) in [6, 6.07) is 5.26. The van der Waals surface area contributed by atoms with E-state index in [1.807, 2.05) is 18.2 Å². The molecule has 3 heterocycles. The van der Waals surface area contributed by atoms with Crippen molar-refractivity contribution >= 4 is 17.7 Å². The SMILES string of the molecule is O=C1CCC(N2Cc3ccc(CNCC#CC4CNC4)cc3C2=O)C(=O)N1. The predicted octanol–water partition coefficient (Wildman–Crippen LogP) is -0.240. The van der Waals surface area contributed by atoms with Crippen molar-refractivity contribution in [1.29, 1.82) is 0 Å². The monoisotopic (exact) mass is 366 g/mol. The minimum atomic E-state index is -0.569. The molecule has 27 heavy (non-hydrogen) atoms. The second kappa shape index (κ2) is 7.51. The molecule has 3 N–H and O–H groups in total. The molecule has 3 amide bonds. The third kappa shape index (κ3) is 3.72. The van der Waals surface area contributed by atoms with Crippen LogP contribution in [-0.4, -0.2) is 48.3 Å². The van der Waals surface area contributed by atoms with Gasteiger partial charge in [-0.2, -0.15) is 0 Å². The van der Waals surface area contributed by atoms with Crippen LogP contribution in [0.15, 0.2) is 18.2 Å². The molecule has 2 fully saturated rings. The number of nitrogens with zero attached hydrogens (tertiary/aromatic N) is 1. The predicted molar refractivity (Wildman–Crippen MR) is 98.3 cm³/mol. The second-order valence-electron chi connectivity index (χ2n) is 7.17. The summed E-state index contributed by atoms with van der Waals surface area (Å²) in [7, 11) is 0. The third-order valence-electron chi connectivity index (χ3n) is 5.22. The number of hydrogen-bond acceptors (Lipinski definition) is 5. The Labute approximate surface area is 157 Å². The van der Waals surface area contributed by atoms with E-state index >= 15 is 0 Å². The maximum atomic E-state index is 12.8. The van der Waals surface area contributed by atoms with Crippen molar-refractivity contribution < 1.29 is 14.4 Å². The Hall–Kier alpha value is -2.69. The van der Waals surface area contributed by atoms with E-state index in [0.29, 0.717) is 37.5 Å². The molecular weight excluding hydrogens is 344 g/mol. The molecule has 7 nitrogen and oxygen atoms in total. The van der Waals surface area contributed by atoms with Gasteiger partial charge in [0.15, 0.2) is 0 Å². The average Bonchev–Trinajstić information content (AvgIpc) is 2.93. The maximum Gasteiger partial charge on any atom is 0.255 e. The molecule has 2 saturated heterocycles. The first-order valence-electron chi connectivity index (χ1n) is 9.28. The molecule has 1 aromatic carbocycles. The quantitative estimate of drug-likeness (QED) is 0.389. The molecule has 4 rings (SSSR count). The van der Waals surface area contributed by atoms with Gasteiger partial charge >= 0.3 is 0 Å². The number of carbonyl (C=O) groups is 3. The van der Waals surface area contributed by atoms with Gasteiger partial charge in [0.1, 0.15) is 6.04 Å². The first-order valence-corrected chi connectivity index (χ1v) is 9.28. The van der Waals surface area contributed by atoms with E-state index in [9.17, 15) is 14.4 Å². The van der Waals surface area contributed by atoms with Gasteiger partial charge in [0.05, 0.1) is 6.54 Å². The van der Waals surface area contributed by atoms with Crippen LogP contribution in [0.4, 0.5) is 0 Å². The minimum Gasteiger partial charge on any atom is -0.322 e. The van der Waals surface area contributed by atoms with Gasteiger partial charge in [0.2, 0.25) is 11.8 Å². The van der Waals surface area contributed by atoms with Crippen LogP contribution in [-0.2, 0) is 22.7 Å². The van der Waals surface area contributed by atoms with E-state index in [1.165, 1.54) is 0 Å². The lowest BCUT2D eigenvalue weighted by molar-refractivity contribution is -0.136. The van der Waals surface area contributed by atoms with Crippen LogP contribution in [0.25, 0.3) is 0 Å². The molecule has 7 heteroatoms. The number of nitrogens with one attached hydrogen (secondary N) is 3. The van der Waals surface area contributed by atoms with Gasteiger partial charge in [0.25, 0.3) is 5.91 Å².